The number of carbonyl (C=O) groups is 1. The van der Waals surface area contributed by atoms with Crippen LogP contribution in [-0.4, -0.2) is 11.9 Å². The van der Waals surface area contributed by atoms with Crippen molar-refractivity contribution in [2.45, 2.75) is 25.8 Å². The van der Waals surface area contributed by atoms with Gasteiger partial charge in [0, 0.05) is 6.04 Å². The molecule has 1 N–H and O–H groups in total. The Kier molecular flexibility index (Phi) is 3.26. The standard InChI is InChI=1S/C11H12BrNOS/c1-7-6-9(15-10(7)12)11(14)13-8-4-2-3-5-8/h2-3,6,8H,4-5H2,1H3,(H,13,14). The first kappa shape index (κ1) is 10.9. The van der Waals surface area contributed by atoms with Gasteiger partial charge in [-0.25, -0.2) is 0 Å². The molecule has 1 aromatic heterocycles. The molecule has 0 spiro atoms. The first-order chi connectivity index (χ1) is 7.16. The number of thiophene rings is 1. The third-order valence-electron chi connectivity index (χ3n) is 2.42. The van der Waals surface area contributed by atoms with Crippen molar-refractivity contribution < 1.29 is 4.79 Å². The summed E-state index contributed by atoms with van der Waals surface area (Å²) in [6, 6.07) is 2.21. The summed E-state index contributed by atoms with van der Waals surface area (Å²) in [6.07, 6.45) is 6.13. The van der Waals surface area contributed by atoms with Crippen molar-refractivity contribution in [2.75, 3.05) is 0 Å². The molecule has 1 heterocycles. The molecule has 0 fully saturated rings. The summed E-state index contributed by atoms with van der Waals surface area (Å²) in [5.74, 6) is 0.0440. The van der Waals surface area contributed by atoms with Crippen LogP contribution in [0.5, 0.6) is 0 Å². The molecule has 2 nitrogen and oxygen atoms in total. The maximum Gasteiger partial charge on any atom is 0.261 e. The second kappa shape index (κ2) is 4.49. The van der Waals surface area contributed by atoms with Crippen molar-refractivity contribution in [3.8, 4) is 0 Å². The van der Waals surface area contributed by atoms with Gasteiger partial charge >= 0.3 is 0 Å². The number of carbonyl (C=O) groups excluding carboxylic acids is 1. The Hall–Kier alpha value is -0.610. The molecule has 80 valence electrons. The van der Waals surface area contributed by atoms with Crippen LogP contribution in [0.2, 0.25) is 0 Å². The van der Waals surface area contributed by atoms with Crippen molar-refractivity contribution in [1.29, 1.82) is 0 Å². The lowest BCUT2D eigenvalue weighted by Gasteiger charge is -2.10. The second-order valence-electron chi connectivity index (χ2n) is 3.68. The number of aryl methyl sites for hydroxylation is 1. The minimum Gasteiger partial charge on any atom is -0.348 e. The van der Waals surface area contributed by atoms with Crippen molar-refractivity contribution >= 4 is 33.2 Å². The van der Waals surface area contributed by atoms with Gasteiger partial charge in [0.1, 0.15) is 0 Å². The van der Waals surface area contributed by atoms with Crippen LogP contribution in [0.25, 0.3) is 0 Å². The van der Waals surface area contributed by atoms with E-state index in [1.807, 2.05) is 13.0 Å². The molecular formula is C11H12BrNOS. The molecule has 1 aliphatic rings. The van der Waals surface area contributed by atoms with Gasteiger partial charge in [0.2, 0.25) is 0 Å². The summed E-state index contributed by atoms with van der Waals surface area (Å²) in [5.41, 5.74) is 1.12. The SMILES string of the molecule is Cc1cc(C(=O)NC2CC=CC2)sc1Br. The molecule has 2 rings (SSSR count). The van der Waals surface area contributed by atoms with Crippen LogP contribution in [0.3, 0.4) is 0 Å². The van der Waals surface area contributed by atoms with E-state index in [4.69, 9.17) is 0 Å². The number of nitrogens with one attached hydrogen (secondary N) is 1. The van der Waals surface area contributed by atoms with E-state index < -0.39 is 0 Å². The highest BCUT2D eigenvalue weighted by atomic mass is 79.9. The van der Waals surface area contributed by atoms with Gasteiger partial charge in [-0.2, -0.15) is 0 Å². The monoisotopic (exact) mass is 285 g/mol. The van der Waals surface area contributed by atoms with Crippen molar-refractivity contribution in [3.63, 3.8) is 0 Å². The number of hydrogen-bond acceptors (Lipinski definition) is 2. The predicted molar refractivity (Wildman–Crippen MR) is 66.4 cm³/mol. The Labute approximate surface area is 102 Å². The summed E-state index contributed by atoms with van der Waals surface area (Å²) in [7, 11) is 0. The fourth-order valence-corrected chi connectivity index (χ4v) is 3.00. The molecule has 0 aliphatic heterocycles. The Bertz CT molecular complexity index is 383. The lowest BCUT2D eigenvalue weighted by molar-refractivity contribution is 0.0943. The first-order valence-corrected chi connectivity index (χ1v) is 6.49. The summed E-state index contributed by atoms with van der Waals surface area (Å²) >= 11 is 4.91. The summed E-state index contributed by atoms with van der Waals surface area (Å²) in [6.45, 7) is 1.99. The van der Waals surface area contributed by atoms with E-state index in [0.29, 0.717) is 6.04 Å². The van der Waals surface area contributed by atoms with Crippen molar-refractivity contribution in [2.24, 2.45) is 0 Å². The highest BCUT2D eigenvalue weighted by Gasteiger charge is 2.16. The van der Waals surface area contributed by atoms with Crippen LogP contribution in [0.15, 0.2) is 22.0 Å². The molecule has 0 bridgehead atoms. The number of halogens is 1. The molecule has 0 radical (unpaired) electrons. The zero-order valence-corrected chi connectivity index (χ0v) is 10.8. The summed E-state index contributed by atoms with van der Waals surface area (Å²) in [4.78, 5) is 12.6. The number of rotatable bonds is 2. The molecule has 0 saturated carbocycles. The van der Waals surface area contributed by atoms with Crippen LogP contribution in [0, 0.1) is 6.92 Å². The van der Waals surface area contributed by atoms with Gasteiger partial charge in [0.25, 0.3) is 5.91 Å². The van der Waals surface area contributed by atoms with E-state index >= 15 is 0 Å². The third-order valence-corrected chi connectivity index (χ3v) is 4.56. The van der Waals surface area contributed by atoms with Gasteiger partial charge in [0.15, 0.2) is 0 Å². The predicted octanol–water partition coefficient (Wildman–Crippen LogP) is 3.27. The Morgan fingerprint density at radius 3 is 2.73 bits per heavy atom. The molecule has 1 amide bonds. The van der Waals surface area contributed by atoms with E-state index in [1.165, 1.54) is 11.3 Å². The smallest absolute Gasteiger partial charge is 0.261 e. The molecule has 1 aliphatic carbocycles. The minimum absolute atomic E-state index is 0.0440. The normalized spacial score (nSPS) is 15.9. The van der Waals surface area contributed by atoms with Crippen LogP contribution in [0.4, 0.5) is 0 Å². The zero-order valence-electron chi connectivity index (χ0n) is 8.42. The van der Waals surface area contributed by atoms with E-state index in [9.17, 15) is 4.79 Å². The summed E-state index contributed by atoms with van der Waals surface area (Å²) < 4.78 is 1.04. The molecule has 0 aromatic carbocycles. The Balaban J connectivity index is 2.01. The topological polar surface area (TPSA) is 29.1 Å². The second-order valence-corrected chi connectivity index (χ2v) is 6.05. The van der Waals surface area contributed by atoms with Crippen LogP contribution >= 0.6 is 27.3 Å². The zero-order chi connectivity index (χ0) is 10.8. The molecule has 0 atom stereocenters. The summed E-state index contributed by atoms with van der Waals surface area (Å²) in [5, 5.41) is 3.02. The van der Waals surface area contributed by atoms with Gasteiger partial charge in [-0.05, 0) is 47.3 Å². The maximum atomic E-state index is 11.8. The van der Waals surface area contributed by atoms with Crippen LogP contribution < -0.4 is 5.32 Å². The average molecular weight is 286 g/mol. The van der Waals surface area contributed by atoms with Crippen molar-refractivity contribution in [3.05, 3.63) is 32.4 Å². The number of hydrogen-bond donors (Lipinski definition) is 1. The molecule has 0 saturated heterocycles. The fraction of sp³-hybridized carbons (Fsp3) is 0.364. The Morgan fingerprint density at radius 1 is 1.53 bits per heavy atom. The maximum absolute atomic E-state index is 11.8. The Morgan fingerprint density at radius 2 is 2.20 bits per heavy atom. The molecule has 15 heavy (non-hydrogen) atoms. The number of amides is 1. The lowest BCUT2D eigenvalue weighted by atomic mass is 10.2. The highest BCUT2D eigenvalue weighted by Crippen LogP contribution is 2.27. The van der Waals surface area contributed by atoms with Gasteiger partial charge in [-0.1, -0.05) is 12.2 Å². The van der Waals surface area contributed by atoms with Gasteiger partial charge < -0.3 is 5.32 Å². The largest absolute Gasteiger partial charge is 0.348 e. The van der Waals surface area contributed by atoms with Crippen LogP contribution in [0.1, 0.15) is 28.1 Å². The van der Waals surface area contributed by atoms with Crippen LogP contribution in [-0.2, 0) is 0 Å². The van der Waals surface area contributed by atoms with E-state index in [-0.39, 0.29) is 5.91 Å². The molecular weight excluding hydrogens is 274 g/mol. The highest BCUT2D eigenvalue weighted by molar-refractivity contribution is 9.11. The fourth-order valence-electron chi connectivity index (χ4n) is 1.56. The third kappa shape index (κ3) is 2.49. The van der Waals surface area contributed by atoms with Gasteiger partial charge in [0.05, 0.1) is 8.66 Å². The van der Waals surface area contributed by atoms with E-state index in [1.54, 1.807) is 0 Å². The lowest BCUT2D eigenvalue weighted by Crippen LogP contribution is -2.32. The molecule has 0 unspecified atom stereocenters. The molecule has 4 heteroatoms. The molecule has 1 aromatic rings. The minimum atomic E-state index is 0.0440. The average Bonchev–Trinajstić information content (AvgIpc) is 2.78. The first-order valence-electron chi connectivity index (χ1n) is 4.88. The van der Waals surface area contributed by atoms with E-state index in [2.05, 4.69) is 33.4 Å². The van der Waals surface area contributed by atoms with Gasteiger partial charge in [-0.3, -0.25) is 4.79 Å². The van der Waals surface area contributed by atoms with Gasteiger partial charge in [-0.15, -0.1) is 11.3 Å². The van der Waals surface area contributed by atoms with E-state index in [0.717, 1.165) is 27.1 Å². The quantitative estimate of drug-likeness (QED) is 0.831. The van der Waals surface area contributed by atoms with Crippen molar-refractivity contribution in [1.82, 2.24) is 5.32 Å².